The lowest BCUT2D eigenvalue weighted by Crippen LogP contribution is -2.02. The van der Waals surface area contributed by atoms with Gasteiger partial charge in [-0.15, -0.1) is 0 Å². The van der Waals surface area contributed by atoms with Gasteiger partial charge >= 0.3 is 5.97 Å². The third-order valence-corrected chi connectivity index (χ3v) is 1.89. The van der Waals surface area contributed by atoms with E-state index in [2.05, 4.69) is 4.74 Å². The second-order valence-corrected chi connectivity index (χ2v) is 3.03. The first-order valence-electron chi connectivity index (χ1n) is 4.75. The summed E-state index contributed by atoms with van der Waals surface area (Å²) in [5.74, 6) is -0.413. The van der Waals surface area contributed by atoms with Gasteiger partial charge in [-0.2, -0.15) is 0 Å². The molecule has 5 heteroatoms. The predicted molar refractivity (Wildman–Crippen MR) is 54.9 cm³/mol. The van der Waals surface area contributed by atoms with E-state index in [0.29, 0.717) is 12.0 Å². The van der Waals surface area contributed by atoms with Crippen LogP contribution in [-0.2, 0) is 20.9 Å². The van der Waals surface area contributed by atoms with Crippen LogP contribution in [0.5, 0.6) is 11.5 Å². The lowest BCUT2D eigenvalue weighted by atomic mass is 10.2. The average molecular weight is 224 g/mol. The molecule has 0 aromatic heterocycles. The molecule has 5 nitrogen and oxygen atoms in total. The maximum Gasteiger partial charge on any atom is 0.305 e. The Bertz CT molecular complexity index is 386. The van der Waals surface area contributed by atoms with Crippen LogP contribution in [0.4, 0.5) is 0 Å². The number of hydrogen-bond donors (Lipinski definition) is 1. The normalized spacial score (nSPS) is 9.56. The standard InChI is InChI=1S/C11H12O5/c1-2-11(14)15-6-8-3-4-9(13)10(5-8)16-7-12/h3-5,7,13H,2,6H2,1H3. The Hall–Kier alpha value is -2.04. The van der Waals surface area contributed by atoms with Gasteiger partial charge in [-0.1, -0.05) is 13.0 Å². The summed E-state index contributed by atoms with van der Waals surface area (Å²) in [7, 11) is 0. The highest BCUT2D eigenvalue weighted by Gasteiger charge is 2.05. The molecule has 0 fully saturated rings. The van der Waals surface area contributed by atoms with Gasteiger partial charge < -0.3 is 14.6 Å². The van der Waals surface area contributed by atoms with Crippen molar-refractivity contribution < 1.29 is 24.2 Å². The fourth-order valence-corrected chi connectivity index (χ4v) is 1.06. The molecule has 1 rings (SSSR count). The fourth-order valence-electron chi connectivity index (χ4n) is 1.06. The van der Waals surface area contributed by atoms with Crippen LogP contribution >= 0.6 is 0 Å². The minimum Gasteiger partial charge on any atom is -0.504 e. The van der Waals surface area contributed by atoms with Crippen LogP contribution in [0.15, 0.2) is 18.2 Å². The highest BCUT2D eigenvalue weighted by atomic mass is 16.5. The first kappa shape index (κ1) is 12.0. The molecular weight excluding hydrogens is 212 g/mol. The Morgan fingerprint density at radius 3 is 2.88 bits per heavy atom. The van der Waals surface area contributed by atoms with Gasteiger partial charge in [-0.05, 0) is 17.7 Å². The summed E-state index contributed by atoms with van der Waals surface area (Å²) < 4.78 is 9.43. The van der Waals surface area contributed by atoms with Crippen molar-refractivity contribution in [2.24, 2.45) is 0 Å². The summed E-state index contributed by atoms with van der Waals surface area (Å²) in [4.78, 5) is 21.0. The van der Waals surface area contributed by atoms with Crippen LogP contribution in [0.3, 0.4) is 0 Å². The SMILES string of the molecule is CCC(=O)OCc1ccc(O)c(OC=O)c1. The Kier molecular flexibility index (Phi) is 4.32. The first-order valence-corrected chi connectivity index (χ1v) is 4.75. The van der Waals surface area contributed by atoms with Crippen LogP contribution < -0.4 is 4.74 Å². The summed E-state index contributed by atoms with van der Waals surface area (Å²) in [5, 5.41) is 9.30. The maximum atomic E-state index is 10.9. The smallest absolute Gasteiger partial charge is 0.305 e. The molecule has 0 aliphatic rings. The van der Waals surface area contributed by atoms with E-state index in [-0.39, 0.29) is 30.5 Å². The van der Waals surface area contributed by atoms with Gasteiger partial charge in [0.25, 0.3) is 6.47 Å². The zero-order valence-electron chi connectivity index (χ0n) is 8.80. The summed E-state index contributed by atoms with van der Waals surface area (Å²) in [5.41, 5.74) is 0.636. The van der Waals surface area contributed by atoms with E-state index in [4.69, 9.17) is 4.74 Å². The van der Waals surface area contributed by atoms with Gasteiger partial charge in [0.2, 0.25) is 0 Å². The van der Waals surface area contributed by atoms with E-state index in [1.54, 1.807) is 13.0 Å². The van der Waals surface area contributed by atoms with Crippen LogP contribution in [0.2, 0.25) is 0 Å². The number of phenolic OH excluding ortho intramolecular Hbond substituents is 1. The van der Waals surface area contributed by atoms with Gasteiger partial charge in [-0.3, -0.25) is 9.59 Å². The third-order valence-electron chi connectivity index (χ3n) is 1.89. The summed E-state index contributed by atoms with van der Waals surface area (Å²) in [6.45, 7) is 2.00. The van der Waals surface area contributed by atoms with Crippen molar-refractivity contribution in [2.75, 3.05) is 0 Å². The number of benzene rings is 1. The molecule has 0 radical (unpaired) electrons. The summed E-state index contributed by atoms with van der Waals surface area (Å²) in [6.07, 6.45) is 0.301. The quantitative estimate of drug-likeness (QED) is 0.604. The largest absolute Gasteiger partial charge is 0.504 e. The van der Waals surface area contributed by atoms with Crippen molar-refractivity contribution >= 4 is 12.4 Å². The second-order valence-electron chi connectivity index (χ2n) is 3.03. The van der Waals surface area contributed by atoms with Gasteiger partial charge in [0.05, 0.1) is 0 Å². The van der Waals surface area contributed by atoms with Crippen molar-refractivity contribution in [3.05, 3.63) is 23.8 Å². The van der Waals surface area contributed by atoms with E-state index in [0.717, 1.165) is 0 Å². The Morgan fingerprint density at radius 2 is 2.25 bits per heavy atom. The average Bonchev–Trinajstić information content (AvgIpc) is 2.30. The Balaban J connectivity index is 2.70. The van der Waals surface area contributed by atoms with Crippen LogP contribution in [-0.4, -0.2) is 17.5 Å². The van der Waals surface area contributed by atoms with E-state index in [1.807, 2.05) is 0 Å². The van der Waals surface area contributed by atoms with Gasteiger partial charge in [0.15, 0.2) is 11.5 Å². The van der Waals surface area contributed by atoms with Crippen molar-refractivity contribution in [1.82, 2.24) is 0 Å². The minimum absolute atomic E-state index is 0.0417. The summed E-state index contributed by atoms with van der Waals surface area (Å²) >= 11 is 0. The highest BCUT2D eigenvalue weighted by Crippen LogP contribution is 2.26. The van der Waals surface area contributed by atoms with Crippen LogP contribution in [0.25, 0.3) is 0 Å². The molecule has 1 aromatic rings. The van der Waals surface area contributed by atoms with Crippen LogP contribution in [0.1, 0.15) is 18.9 Å². The molecule has 0 aliphatic heterocycles. The molecule has 0 aliphatic carbocycles. The topological polar surface area (TPSA) is 72.8 Å². The van der Waals surface area contributed by atoms with E-state index in [9.17, 15) is 14.7 Å². The van der Waals surface area contributed by atoms with E-state index in [1.165, 1.54) is 12.1 Å². The Morgan fingerprint density at radius 1 is 1.50 bits per heavy atom. The zero-order valence-corrected chi connectivity index (χ0v) is 8.80. The fraction of sp³-hybridized carbons (Fsp3) is 0.273. The molecule has 0 saturated carbocycles. The molecule has 1 aromatic carbocycles. The lowest BCUT2D eigenvalue weighted by Gasteiger charge is -2.06. The number of phenols is 1. The monoisotopic (exact) mass is 224 g/mol. The number of rotatable bonds is 5. The number of carbonyl (C=O) groups excluding carboxylic acids is 2. The van der Waals surface area contributed by atoms with E-state index < -0.39 is 0 Å². The molecule has 1 N–H and O–H groups in total. The molecule has 0 heterocycles. The minimum atomic E-state index is -0.314. The number of ether oxygens (including phenoxy) is 2. The summed E-state index contributed by atoms with van der Waals surface area (Å²) in [6, 6.07) is 4.39. The number of hydrogen-bond acceptors (Lipinski definition) is 5. The number of aromatic hydroxyl groups is 1. The van der Waals surface area contributed by atoms with Gasteiger partial charge in [0.1, 0.15) is 6.61 Å². The number of esters is 1. The predicted octanol–water partition coefficient (Wildman–Crippen LogP) is 1.38. The van der Waals surface area contributed by atoms with Gasteiger partial charge in [0, 0.05) is 6.42 Å². The number of carbonyl (C=O) groups is 2. The third kappa shape index (κ3) is 3.27. The van der Waals surface area contributed by atoms with Crippen LogP contribution in [0, 0.1) is 0 Å². The molecule has 16 heavy (non-hydrogen) atoms. The molecule has 0 bridgehead atoms. The Labute approximate surface area is 92.6 Å². The van der Waals surface area contributed by atoms with Crippen molar-refractivity contribution in [2.45, 2.75) is 20.0 Å². The van der Waals surface area contributed by atoms with Crippen molar-refractivity contribution in [3.63, 3.8) is 0 Å². The zero-order chi connectivity index (χ0) is 12.0. The molecule has 0 spiro atoms. The molecule has 0 unspecified atom stereocenters. The molecule has 0 saturated heterocycles. The molecule has 0 atom stereocenters. The van der Waals surface area contributed by atoms with Gasteiger partial charge in [-0.25, -0.2) is 0 Å². The van der Waals surface area contributed by atoms with E-state index >= 15 is 0 Å². The molecule has 0 amide bonds. The molecular formula is C11H12O5. The highest BCUT2D eigenvalue weighted by molar-refractivity contribution is 5.68. The second kappa shape index (κ2) is 5.75. The van der Waals surface area contributed by atoms with Crippen molar-refractivity contribution in [1.29, 1.82) is 0 Å². The molecule has 86 valence electrons. The lowest BCUT2D eigenvalue weighted by molar-refractivity contribution is -0.144. The first-order chi connectivity index (χ1) is 7.67. The van der Waals surface area contributed by atoms with Crippen molar-refractivity contribution in [3.8, 4) is 11.5 Å². The maximum absolute atomic E-state index is 10.9.